The summed E-state index contributed by atoms with van der Waals surface area (Å²) in [6, 6.07) is 41.6. The molecule has 7 aromatic rings. The summed E-state index contributed by atoms with van der Waals surface area (Å²) in [5.74, 6) is 0. The minimum absolute atomic E-state index is 0. The maximum Gasteiger partial charge on any atom is 2.00 e. The summed E-state index contributed by atoms with van der Waals surface area (Å²) < 4.78 is 47.0. The number of aromatic nitrogens is 4. The summed E-state index contributed by atoms with van der Waals surface area (Å²) in [5, 5.41) is -0.0582. The fourth-order valence-corrected chi connectivity index (χ4v) is 7.09. The molecule has 8 bridgehead atoms. The maximum atomic E-state index is 15.7. The summed E-state index contributed by atoms with van der Waals surface area (Å²) in [6.07, 6.45) is 3.81. The molecule has 0 radical (unpaired) electrons. The molecular formula is C45H27F3N4Ni. The standard InChI is InChI=1S/C45H27F3N4.Ni/c46-45(47,48)43-32-27-49-44(43)42(31-19-11-4-12-20-31)38-26-25-37(52-38)41(30-17-9-3-10-18-30)36-24-23-35(51-36)40(29-15-7-2-8-16-29)34-22-21-33(50-34)39(32)28-13-5-1-6-14-28;/h1-27H;/q-2;+2. The molecule has 2 aliphatic heterocycles. The number of hydrogen-bond acceptors (Lipinski definition) is 3. The van der Waals surface area contributed by atoms with Crippen molar-refractivity contribution in [3.05, 3.63) is 168 Å². The van der Waals surface area contributed by atoms with E-state index in [4.69, 9.17) is 15.0 Å². The number of benzene rings is 4. The van der Waals surface area contributed by atoms with Crippen molar-refractivity contribution in [2.24, 2.45) is 0 Å². The molecule has 53 heavy (non-hydrogen) atoms. The van der Waals surface area contributed by atoms with Gasteiger partial charge in [0, 0.05) is 11.4 Å². The first-order valence-electron chi connectivity index (χ1n) is 16.8. The van der Waals surface area contributed by atoms with Crippen LogP contribution in [0.25, 0.3) is 90.7 Å². The third kappa shape index (κ3) is 6.11. The van der Waals surface area contributed by atoms with Crippen LogP contribution in [0.15, 0.2) is 140 Å². The first-order chi connectivity index (χ1) is 25.4. The van der Waals surface area contributed by atoms with Crippen molar-refractivity contribution in [3.8, 4) is 44.5 Å². The van der Waals surface area contributed by atoms with E-state index in [9.17, 15) is 0 Å². The quantitative estimate of drug-likeness (QED) is 0.133. The molecule has 0 atom stereocenters. The van der Waals surface area contributed by atoms with Gasteiger partial charge in [-0.15, -0.1) is 16.4 Å². The Morgan fingerprint density at radius 2 is 0.811 bits per heavy atom. The molecule has 5 heterocycles. The van der Waals surface area contributed by atoms with Gasteiger partial charge in [0.15, 0.2) is 0 Å². The second kappa shape index (κ2) is 13.7. The van der Waals surface area contributed by atoms with Crippen molar-refractivity contribution in [1.29, 1.82) is 0 Å². The maximum absolute atomic E-state index is 15.7. The molecule has 0 fully saturated rings. The normalized spacial score (nSPS) is 12.1. The van der Waals surface area contributed by atoms with Crippen LogP contribution in [-0.4, -0.2) is 15.0 Å². The number of hydrogen-bond donors (Lipinski definition) is 0. The van der Waals surface area contributed by atoms with Gasteiger partial charge in [0.1, 0.15) is 0 Å². The van der Waals surface area contributed by atoms with E-state index in [0.717, 1.165) is 22.3 Å². The second-order valence-corrected chi connectivity index (χ2v) is 12.5. The van der Waals surface area contributed by atoms with Gasteiger partial charge in [0.25, 0.3) is 0 Å². The molecule has 0 spiro atoms. The zero-order valence-electron chi connectivity index (χ0n) is 27.8. The summed E-state index contributed by atoms with van der Waals surface area (Å²) >= 11 is 0. The van der Waals surface area contributed by atoms with Crippen LogP contribution in [0.3, 0.4) is 0 Å². The molecule has 0 aliphatic carbocycles. The first kappa shape index (κ1) is 33.9. The van der Waals surface area contributed by atoms with E-state index in [2.05, 4.69) is 4.98 Å². The van der Waals surface area contributed by atoms with Gasteiger partial charge in [-0.2, -0.15) is 13.2 Å². The number of fused-ring (bicyclic) bond motifs is 8. The number of rotatable bonds is 4. The van der Waals surface area contributed by atoms with Crippen molar-refractivity contribution in [1.82, 2.24) is 19.9 Å². The summed E-state index contributed by atoms with van der Waals surface area (Å²) in [7, 11) is 0. The SMILES string of the molecule is FC(F)(F)[c-]1c2cnc1c(-c1ccccc1)c1nc(c(-c3ccccc3)c3ccc([n-]3)c(-c3ccccc3)c3nc(c2-c2ccccc2)C=C3)C=C1.[Ni+2]. The van der Waals surface area contributed by atoms with Crippen LogP contribution >= 0.6 is 0 Å². The minimum atomic E-state index is -4.77. The van der Waals surface area contributed by atoms with Crippen molar-refractivity contribution in [2.45, 2.75) is 6.18 Å². The monoisotopic (exact) mass is 738 g/mol. The predicted octanol–water partition coefficient (Wildman–Crippen LogP) is 11.8. The van der Waals surface area contributed by atoms with E-state index in [1.807, 2.05) is 109 Å². The van der Waals surface area contributed by atoms with Crippen LogP contribution in [-0.2, 0) is 22.7 Å². The molecular weight excluding hydrogens is 712 g/mol. The van der Waals surface area contributed by atoms with Gasteiger partial charge in [0.05, 0.1) is 11.4 Å². The van der Waals surface area contributed by atoms with Crippen LogP contribution in [0.4, 0.5) is 13.2 Å². The van der Waals surface area contributed by atoms with E-state index in [1.165, 1.54) is 6.20 Å². The summed E-state index contributed by atoms with van der Waals surface area (Å²) in [6.45, 7) is 0. The van der Waals surface area contributed by atoms with Crippen LogP contribution < -0.4 is 4.98 Å². The Bertz CT molecular complexity index is 2520. The van der Waals surface area contributed by atoms with Gasteiger partial charge >= 0.3 is 22.7 Å². The minimum Gasteiger partial charge on any atom is -0.657 e. The van der Waals surface area contributed by atoms with Gasteiger partial charge in [-0.05, 0) is 69.4 Å². The number of alkyl halides is 3. The second-order valence-electron chi connectivity index (χ2n) is 12.5. The van der Waals surface area contributed by atoms with E-state index in [-0.39, 0.29) is 33.0 Å². The van der Waals surface area contributed by atoms with Crippen molar-refractivity contribution >= 4 is 46.2 Å². The van der Waals surface area contributed by atoms with E-state index < -0.39 is 11.7 Å². The predicted molar refractivity (Wildman–Crippen MR) is 204 cm³/mol. The molecule has 4 aromatic carbocycles. The summed E-state index contributed by atoms with van der Waals surface area (Å²) in [4.78, 5) is 19.9. The Kier molecular flexibility index (Phi) is 8.77. The molecule has 9 rings (SSSR count). The van der Waals surface area contributed by atoms with E-state index in [0.29, 0.717) is 50.5 Å². The van der Waals surface area contributed by atoms with Gasteiger partial charge in [-0.25, -0.2) is 0 Å². The molecule has 0 unspecified atom stereocenters. The molecule has 0 saturated heterocycles. The average Bonchev–Trinajstić information content (AvgIpc) is 4.00. The topological polar surface area (TPSA) is 52.8 Å². The Balaban J connectivity index is 0.00000400. The fourth-order valence-electron chi connectivity index (χ4n) is 7.09. The zero-order chi connectivity index (χ0) is 35.2. The van der Waals surface area contributed by atoms with Gasteiger partial charge in [-0.3, -0.25) is 9.97 Å². The van der Waals surface area contributed by atoms with E-state index >= 15 is 13.2 Å². The fraction of sp³-hybridized carbons (Fsp3) is 0.0222. The first-order valence-corrected chi connectivity index (χ1v) is 16.8. The van der Waals surface area contributed by atoms with Gasteiger partial charge in [-0.1, -0.05) is 150 Å². The summed E-state index contributed by atoms with van der Waals surface area (Å²) in [5.41, 5.74) is 7.30. The molecule has 0 amide bonds. The number of halogens is 3. The largest absolute Gasteiger partial charge is 2.00 e. The Labute approximate surface area is 313 Å². The third-order valence-electron chi connectivity index (χ3n) is 9.33. The van der Waals surface area contributed by atoms with Crippen molar-refractivity contribution in [3.63, 3.8) is 0 Å². The molecule has 2 aliphatic rings. The van der Waals surface area contributed by atoms with Crippen molar-refractivity contribution < 1.29 is 29.7 Å². The van der Waals surface area contributed by atoms with Crippen LogP contribution in [0, 0.1) is 0 Å². The van der Waals surface area contributed by atoms with Gasteiger partial charge in [0.2, 0.25) is 0 Å². The Morgan fingerprint density at radius 3 is 1.23 bits per heavy atom. The zero-order valence-corrected chi connectivity index (χ0v) is 28.8. The molecule has 8 heteroatoms. The van der Waals surface area contributed by atoms with Crippen molar-refractivity contribution in [2.75, 3.05) is 0 Å². The Morgan fingerprint density at radius 1 is 0.453 bits per heavy atom. The molecule has 0 saturated carbocycles. The van der Waals surface area contributed by atoms with E-state index in [1.54, 1.807) is 48.6 Å². The third-order valence-corrected chi connectivity index (χ3v) is 9.33. The van der Waals surface area contributed by atoms with Crippen LogP contribution in [0.2, 0.25) is 0 Å². The van der Waals surface area contributed by atoms with Gasteiger partial charge < -0.3 is 9.97 Å². The van der Waals surface area contributed by atoms with Crippen LogP contribution in [0.5, 0.6) is 0 Å². The molecule has 3 aromatic heterocycles. The molecule has 258 valence electrons. The van der Waals surface area contributed by atoms with Crippen LogP contribution in [0.1, 0.15) is 28.3 Å². The Hall–Kier alpha value is -6.24. The smallest absolute Gasteiger partial charge is 0.657 e. The average molecular weight is 739 g/mol. The molecule has 0 N–H and O–H groups in total. The molecule has 4 nitrogen and oxygen atoms in total. The number of nitrogens with zero attached hydrogens (tertiary/aromatic N) is 4.